The van der Waals surface area contributed by atoms with Crippen molar-refractivity contribution in [2.24, 2.45) is 12.5 Å². The van der Waals surface area contributed by atoms with Crippen LogP contribution in [0.4, 0.5) is 0 Å². The Kier molecular flexibility index (Phi) is 4.44. The van der Waals surface area contributed by atoms with Crippen molar-refractivity contribution in [2.45, 2.75) is 31.8 Å². The van der Waals surface area contributed by atoms with Crippen LogP contribution in [-0.2, 0) is 13.6 Å². The van der Waals surface area contributed by atoms with Gasteiger partial charge in [0.15, 0.2) is 0 Å². The summed E-state index contributed by atoms with van der Waals surface area (Å²) >= 11 is 0. The quantitative estimate of drug-likeness (QED) is 0.894. The minimum Gasteiger partial charge on any atom is -0.497 e. The van der Waals surface area contributed by atoms with Crippen molar-refractivity contribution in [2.75, 3.05) is 20.2 Å². The number of hydrogen-bond donors (Lipinski definition) is 1. The lowest BCUT2D eigenvalue weighted by Crippen LogP contribution is -2.39. The topological polar surface area (TPSA) is 59.4 Å². The summed E-state index contributed by atoms with van der Waals surface area (Å²) in [7, 11) is 3.60. The molecule has 1 aliphatic heterocycles. The number of aryl methyl sites for hydroxylation is 1. The van der Waals surface area contributed by atoms with Gasteiger partial charge in [-0.05, 0) is 56.0 Å². The highest BCUT2D eigenvalue weighted by molar-refractivity contribution is 5.95. The van der Waals surface area contributed by atoms with Gasteiger partial charge in [0.05, 0.1) is 13.7 Å². The summed E-state index contributed by atoms with van der Waals surface area (Å²) in [6.07, 6.45) is 7.09. The first-order valence-electron chi connectivity index (χ1n) is 9.25. The molecule has 1 aromatic carbocycles. The molecule has 0 radical (unpaired) electrons. The van der Waals surface area contributed by atoms with E-state index in [0.29, 0.717) is 23.9 Å². The van der Waals surface area contributed by atoms with E-state index in [4.69, 9.17) is 4.74 Å². The number of hydrogen-bond acceptors (Lipinski definition) is 4. The van der Waals surface area contributed by atoms with Crippen molar-refractivity contribution >= 4 is 5.91 Å². The van der Waals surface area contributed by atoms with Gasteiger partial charge in [0.1, 0.15) is 11.6 Å². The van der Waals surface area contributed by atoms with E-state index in [2.05, 4.69) is 10.3 Å². The molecule has 2 aromatic rings. The maximum atomic E-state index is 13.4. The van der Waals surface area contributed by atoms with E-state index in [1.165, 1.54) is 0 Å². The molecule has 1 atom stereocenters. The SMILES string of the molecule is COc1cccc(C(=O)N(Cc2nccn2C)[C@H]2CC23CCNCC3)c1. The van der Waals surface area contributed by atoms with Crippen LogP contribution >= 0.6 is 0 Å². The molecule has 1 amide bonds. The number of benzene rings is 1. The molecular weight excluding hydrogens is 328 g/mol. The molecule has 6 nitrogen and oxygen atoms in total. The highest BCUT2D eigenvalue weighted by Crippen LogP contribution is 2.56. The molecule has 0 unspecified atom stereocenters. The summed E-state index contributed by atoms with van der Waals surface area (Å²) < 4.78 is 7.29. The predicted molar refractivity (Wildman–Crippen MR) is 99.0 cm³/mol. The van der Waals surface area contributed by atoms with Gasteiger partial charge in [-0.15, -0.1) is 0 Å². The number of carbonyl (C=O) groups is 1. The van der Waals surface area contributed by atoms with Crippen molar-refractivity contribution in [3.8, 4) is 5.75 Å². The maximum absolute atomic E-state index is 13.4. The van der Waals surface area contributed by atoms with E-state index in [1.54, 1.807) is 13.3 Å². The fraction of sp³-hybridized carbons (Fsp3) is 0.500. The average molecular weight is 354 g/mol. The van der Waals surface area contributed by atoms with Crippen LogP contribution in [0.3, 0.4) is 0 Å². The Morgan fingerprint density at radius 1 is 1.42 bits per heavy atom. The average Bonchev–Trinajstić information content (AvgIpc) is 3.19. The summed E-state index contributed by atoms with van der Waals surface area (Å²) in [6, 6.07) is 7.72. The van der Waals surface area contributed by atoms with Crippen LogP contribution in [-0.4, -0.2) is 46.6 Å². The van der Waals surface area contributed by atoms with Crippen LogP contribution in [0.1, 0.15) is 35.4 Å². The number of methoxy groups -OCH3 is 1. The van der Waals surface area contributed by atoms with Crippen molar-refractivity contribution < 1.29 is 9.53 Å². The zero-order valence-electron chi connectivity index (χ0n) is 15.4. The van der Waals surface area contributed by atoms with Crippen molar-refractivity contribution in [1.82, 2.24) is 19.8 Å². The Morgan fingerprint density at radius 2 is 2.23 bits per heavy atom. The monoisotopic (exact) mass is 354 g/mol. The third-order valence-electron chi connectivity index (χ3n) is 5.93. The predicted octanol–water partition coefficient (Wildman–Crippen LogP) is 2.21. The molecule has 2 heterocycles. The molecular formula is C20H26N4O2. The number of imidazole rings is 1. The zero-order chi connectivity index (χ0) is 18.1. The Balaban J connectivity index is 1.62. The van der Waals surface area contributed by atoms with E-state index in [0.717, 1.165) is 38.2 Å². The second-order valence-electron chi connectivity index (χ2n) is 7.45. The second kappa shape index (κ2) is 6.76. The molecule has 0 bridgehead atoms. The van der Waals surface area contributed by atoms with Crippen LogP contribution in [0.25, 0.3) is 0 Å². The Hall–Kier alpha value is -2.34. The van der Waals surface area contributed by atoms with Gasteiger partial charge in [-0.3, -0.25) is 4.79 Å². The molecule has 1 N–H and O–H groups in total. The van der Waals surface area contributed by atoms with E-state index < -0.39 is 0 Å². The first kappa shape index (κ1) is 17.1. The molecule has 1 saturated heterocycles. The third-order valence-corrected chi connectivity index (χ3v) is 5.93. The van der Waals surface area contributed by atoms with Crippen LogP contribution in [0.15, 0.2) is 36.7 Å². The van der Waals surface area contributed by atoms with Gasteiger partial charge in [-0.2, -0.15) is 0 Å². The normalized spacial score (nSPS) is 20.8. The van der Waals surface area contributed by atoms with E-state index in [9.17, 15) is 4.79 Å². The molecule has 26 heavy (non-hydrogen) atoms. The second-order valence-corrected chi connectivity index (χ2v) is 7.45. The Bertz CT molecular complexity index is 795. The lowest BCUT2D eigenvalue weighted by Gasteiger charge is -2.29. The number of carbonyl (C=O) groups excluding carboxylic acids is 1. The number of nitrogens with one attached hydrogen (secondary N) is 1. The van der Waals surface area contributed by atoms with E-state index >= 15 is 0 Å². The Morgan fingerprint density at radius 3 is 2.92 bits per heavy atom. The fourth-order valence-corrected chi connectivity index (χ4v) is 4.18. The maximum Gasteiger partial charge on any atom is 0.254 e. The molecule has 138 valence electrons. The number of piperidine rings is 1. The number of ether oxygens (including phenoxy) is 1. The molecule has 1 aromatic heterocycles. The summed E-state index contributed by atoms with van der Waals surface area (Å²) in [5, 5.41) is 3.43. The van der Waals surface area contributed by atoms with Crippen molar-refractivity contribution in [1.29, 1.82) is 0 Å². The van der Waals surface area contributed by atoms with Crippen LogP contribution < -0.4 is 10.1 Å². The minimum atomic E-state index is 0.0623. The van der Waals surface area contributed by atoms with E-state index in [1.807, 2.05) is 47.0 Å². The number of rotatable bonds is 5. The number of amides is 1. The summed E-state index contributed by atoms with van der Waals surface area (Å²) in [5.41, 5.74) is 0.958. The first-order chi connectivity index (χ1) is 12.6. The van der Waals surface area contributed by atoms with E-state index in [-0.39, 0.29) is 11.3 Å². The Labute approximate surface area is 154 Å². The van der Waals surface area contributed by atoms with Gasteiger partial charge in [-0.25, -0.2) is 4.98 Å². The smallest absolute Gasteiger partial charge is 0.254 e. The summed E-state index contributed by atoms with van der Waals surface area (Å²) in [6.45, 7) is 2.62. The molecule has 6 heteroatoms. The van der Waals surface area contributed by atoms with Gasteiger partial charge in [0.2, 0.25) is 0 Å². The zero-order valence-corrected chi connectivity index (χ0v) is 15.4. The molecule has 1 saturated carbocycles. The van der Waals surface area contributed by atoms with Crippen LogP contribution in [0.2, 0.25) is 0 Å². The summed E-state index contributed by atoms with van der Waals surface area (Å²) in [4.78, 5) is 19.8. The van der Waals surface area contributed by atoms with Gasteiger partial charge in [0, 0.05) is 31.0 Å². The molecule has 1 aliphatic carbocycles. The molecule has 4 rings (SSSR count). The van der Waals surface area contributed by atoms with Gasteiger partial charge < -0.3 is 19.5 Å². The molecule has 2 fully saturated rings. The number of nitrogens with zero attached hydrogens (tertiary/aromatic N) is 3. The largest absolute Gasteiger partial charge is 0.497 e. The minimum absolute atomic E-state index is 0.0623. The molecule has 2 aliphatic rings. The highest BCUT2D eigenvalue weighted by Gasteiger charge is 2.57. The fourth-order valence-electron chi connectivity index (χ4n) is 4.18. The number of aromatic nitrogens is 2. The van der Waals surface area contributed by atoms with Gasteiger partial charge in [-0.1, -0.05) is 6.07 Å². The summed E-state index contributed by atoms with van der Waals surface area (Å²) in [5.74, 6) is 1.68. The first-order valence-corrected chi connectivity index (χ1v) is 9.25. The van der Waals surface area contributed by atoms with Gasteiger partial charge in [0.25, 0.3) is 5.91 Å². The van der Waals surface area contributed by atoms with Crippen LogP contribution in [0, 0.1) is 5.41 Å². The third kappa shape index (κ3) is 3.09. The standard InChI is InChI=1S/C20H26N4O2/c1-23-11-10-22-18(23)14-24(17-13-20(17)6-8-21-9-7-20)19(25)15-4-3-5-16(12-15)26-2/h3-5,10-12,17,21H,6-9,13-14H2,1-2H3/t17-/m0/s1. The lowest BCUT2D eigenvalue weighted by atomic mass is 9.93. The van der Waals surface area contributed by atoms with Crippen molar-refractivity contribution in [3.63, 3.8) is 0 Å². The highest BCUT2D eigenvalue weighted by atomic mass is 16.5. The molecule has 1 spiro atoms. The van der Waals surface area contributed by atoms with Crippen LogP contribution in [0.5, 0.6) is 5.75 Å². The van der Waals surface area contributed by atoms with Crippen molar-refractivity contribution in [3.05, 3.63) is 48.0 Å². The van der Waals surface area contributed by atoms with Gasteiger partial charge >= 0.3 is 0 Å². The lowest BCUT2D eigenvalue weighted by molar-refractivity contribution is 0.0685.